The van der Waals surface area contributed by atoms with E-state index in [1.807, 2.05) is 0 Å². The van der Waals surface area contributed by atoms with Gasteiger partial charge in [0, 0.05) is 21.7 Å². The molecule has 0 fully saturated rings. The number of halogens is 1. The molecule has 0 spiro atoms. The number of aromatic nitrogens is 2. The molecule has 116 valence electrons. The number of carbonyl (C=O) groups is 1. The molecular weight excluding hydrogens is 318 g/mol. The molecule has 2 aromatic carbocycles. The molecular formula is C16H12ClN3O3. The van der Waals surface area contributed by atoms with Crippen LogP contribution in [0, 0.1) is 17.0 Å². The number of hydrogen-bond donors (Lipinski definition) is 1. The Bertz CT molecular complexity index is 968. The van der Waals surface area contributed by atoms with Crippen molar-refractivity contribution in [3.63, 3.8) is 0 Å². The number of fused-ring (bicyclic) bond motifs is 1. The van der Waals surface area contributed by atoms with Crippen LogP contribution in [-0.2, 0) is 0 Å². The van der Waals surface area contributed by atoms with Crippen LogP contribution in [0.1, 0.15) is 16.2 Å². The van der Waals surface area contributed by atoms with Gasteiger partial charge in [0.1, 0.15) is 5.52 Å². The topological polar surface area (TPSA) is 80.1 Å². The zero-order chi connectivity index (χ0) is 16.6. The number of rotatable bonds is 2. The lowest BCUT2D eigenvalue weighted by molar-refractivity contribution is -0.468. The van der Waals surface area contributed by atoms with Crippen molar-refractivity contribution in [1.29, 1.82) is 0 Å². The van der Waals surface area contributed by atoms with Gasteiger partial charge in [0.15, 0.2) is 0 Å². The third-order valence-corrected chi connectivity index (χ3v) is 3.71. The molecule has 1 aromatic heterocycles. The SMILES string of the molecule is Cc1c(C(=O)Nc2ccccc2)[n+](=O)c2cc(Cl)ccc2n1[O-]. The van der Waals surface area contributed by atoms with E-state index in [1.165, 1.54) is 25.1 Å². The molecule has 0 saturated carbocycles. The largest absolute Gasteiger partial charge is 0.805 e. The lowest BCUT2D eigenvalue weighted by Gasteiger charge is -2.16. The number of anilines is 1. The molecule has 23 heavy (non-hydrogen) atoms. The molecule has 0 aliphatic carbocycles. The summed E-state index contributed by atoms with van der Waals surface area (Å²) in [5, 5.41) is 15.2. The minimum absolute atomic E-state index is 0.0169. The molecule has 7 heteroatoms. The van der Waals surface area contributed by atoms with Gasteiger partial charge in [-0.1, -0.05) is 29.8 Å². The van der Waals surface area contributed by atoms with Gasteiger partial charge in [-0.05, 0) is 31.2 Å². The lowest BCUT2D eigenvalue weighted by atomic mass is 10.2. The molecule has 0 bridgehead atoms. The van der Waals surface area contributed by atoms with Crippen molar-refractivity contribution in [1.82, 2.24) is 4.73 Å². The molecule has 0 aliphatic heterocycles. The van der Waals surface area contributed by atoms with Gasteiger partial charge in [-0.2, -0.15) is 0 Å². The van der Waals surface area contributed by atoms with Crippen molar-refractivity contribution in [3.05, 3.63) is 75.1 Å². The van der Waals surface area contributed by atoms with Crippen LogP contribution in [0.2, 0.25) is 5.02 Å². The fourth-order valence-electron chi connectivity index (χ4n) is 2.34. The fourth-order valence-corrected chi connectivity index (χ4v) is 2.51. The zero-order valence-corrected chi connectivity index (χ0v) is 12.9. The Morgan fingerprint density at radius 2 is 1.91 bits per heavy atom. The number of carbonyl (C=O) groups excluding carboxylic acids is 1. The van der Waals surface area contributed by atoms with Gasteiger partial charge in [-0.15, -0.1) is 0 Å². The second kappa shape index (κ2) is 5.73. The second-order valence-electron chi connectivity index (χ2n) is 4.98. The summed E-state index contributed by atoms with van der Waals surface area (Å²) in [4.78, 5) is 24.9. The number of nitrogens with one attached hydrogen (secondary N) is 1. The number of hydrogen-bond acceptors (Lipinski definition) is 3. The first kappa shape index (κ1) is 15.1. The average Bonchev–Trinajstić information content (AvgIpc) is 2.54. The van der Waals surface area contributed by atoms with Gasteiger partial charge < -0.3 is 15.3 Å². The van der Waals surface area contributed by atoms with E-state index in [1.54, 1.807) is 30.3 Å². The van der Waals surface area contributed by atoms with Crippen molar-refractivity contribution in [2.45, 2.75) is 6.92 Å². The van der Waals surface area contributed by atoms with Gasteiger partial charge in [0.05, 0.1) is 10.1 Å². The number of nitrogens with zero attached hydrogens (tertiary/aromatic N) is 2. The van der Waals surface area contributed by atoms with Gasteiger partial charge in [-0.25, -0.2) is 0 Å². The normalized spacial score (nSPS) is 10.7. The molecule has 1 N–H and O–H groups in total. The summed E-state index contributed by atoms with van der Waals surface area (Å²) in [5.41, 5.74) is 0.469. The van der Waals surface area contributed by atoms with Crippen LogP contribution in [-0.4, -0.2) is 10.6 Å². The van der Waals surface area contributed by atoms with Crippen LogP contribution >= 0.6 is 11.6 Å². The maximum absolute atomic E-state index is 12.5. The van der Waals surface area contributed by atoms with Crippen molar-refractivity contribution in [2.75, 3.05) is 5.32 Å². The molecule has 1 heterocycles. The first-order valence-electron chi connectivity index (χ1n) is 6.80. The average molecular weight is 330 g/mol. The molecule has 6 nitrogen and oxygen atoms in total. The van der Waals surface area contributed by atoms with Gasteiger partial charge >= 0.3 is 11.6 Å². The third-order valence-electron chi connectivity index (χ3n) is 3.47. The Morgan fingerprint density at radius 1 is 1.22 bits per heavy atom. The van der Waals surface area contributed by atoms with Gasteiger partial charge in [0.25, 0.3) is 5.52 Å². The van der Waals surface area contributed by atoms with E-state index in [0.29, 0.717) is 19.9 Å². The molecule has 0 radical (unpaired) electrons. The molecule has 0 unspecified atom stereocenters. The third kappa shape index (κ3) is 2.64. The van der Waals surface area contributed by atoms with E-state index >= 15 is 0 Å². The number of amides is 1. The predicted molar refractivity (Wildman–Crippen MR) is 88.2 cm³/mol. The maximum Gasteiger partial charge on any atom is 0.346 e. The summed E-state index contributed by atoms with van der Waals surface area (Å²) in [7, 11) is 0. The van der Waals surface area contributed by atoms with Gasteiger partial charge in [-0.3, -0.25) is 4.79 Å². The highest BCUT2D eigenvalue weighted by atomic mass is 35.5. The minimum atomic E-state index is -0.657. The molecule has 0 aliphatic rings. The smallest absolute Gasteiger partial charge is 0.346 e. The van der Waals surface area contributed by atoms with Crippen molar-refractivity contribution in [3.8, 4) is 0 Å². The standard InChI is InChI=1S/C16H12ClN3O3/c1-10-15(16(21)18-12-5-3-2-4-6-12)20(23)14-9-11(17)7-8-13(14)19(10)22/h2-9H,1H3,(H,18,21). The maximum atomic E-state index is 12.5. The summed E-state index contributed by atoms with van der Waals surface area (Å²) in [6.45, 7) is 1.43. The molecule has 0 saturated heterocycles. The number of para-hydroxylation sites is 1. The van der Waals surface area contributed by atoms with Crippen LogP contribution in [0.25, 0.3) is 11.0 Å². The Hall–Kier alpha value is -2.86. The van der Waals surface area contributed by atoms with E-state index in [2.05, 4.69) is 5.32 Å². The highest BCUT2D eigenvalue weighted by molar-refractivity contribution is 6.31. The van der Waals surface area contributed by atoms with Crippen LogP contribution in [0.5, 0.6) is 0 Å². The zero-order valence-electron chi connectivity index (χ0n) is 12.1. The highest BCUT2D eigenvalue weighted by Gasteiger charge is 2.27. The fraction of sp³-hybridized carbons (Fsp3) is 0.0625. The highest BCUT2D eigenvalue weighted by Crippen LogP contribution is 2.19. The Labute approximate surface area is 136 Å². The van der Waals surface area contributed by atoms with Gasteiger partial charge in [0.2, 0.25) is 0 Å². The molecule has 3 aromatic rings. The van der Waals surface area contributed by atoms with E-state index in [0.717, 1.165) is 0 Å². The molecule has 3 rings (SSSR count). The summed E-state index contributed by atoms with van der Waals surface area (Å²) in [5.74, 6) is -0.657. The summed E-state index contributed by atoms with van der Waals surface area (Å²) >= 11 is 5.88. The summed E-state index contributed by atoms with van der Waals surface area (Å²) in [6.07, 6.45) is 0. The van der Waals surface area contributed by atoms with Crippen molar-refractivity contribution >= 4 is 34.2 Å². The molecule has 0 atom stereocenters. The Kier molecular flexibility index (Phi) is 3.75. The quantitative estimate of drug-likeness (QED) is 0.733. The number of benzene rings is 2. The van der Waals surface area contributed by atoms with E-state index in [-0.39, 0.29) is 22.4 Å². The summed E-state index contributed by atoms with van der Waals surface area (Å²) < 4.78 is 0.989. The van der Waals surface area contributed by atoms with Crippen LogP contribution in [0.3, 0.4) is 0 Å². The second-order valence-corrected chi connectivity index (χ2v) is 5.41. The van der Waals surface area contributed by atoms with Crippen LogP contribution < -0.4 is 9.74 Å². The van der Waals surface area contributed by atoms with E-state index in [4.69, 9.17) is 11.6 Å². The van der Waals surface area contributed by atoms with E-state index in [9.17, 15) is 14.9 Å². The monoisotopic (exact) mass is 329 g/mol. The van der Waals surface area contributed by atoms with Crippen LogP contribution in [0.4, 0.5) is 5.69 Å². The summed E-state index contributed by atoms with van der Waals surface area (Å²) in [6, 6.07) is 13.0. The van der Waals surface area contributed by atoms with Crippen molar-refractivity contribution < 1.29 is 9.22 Å². The minimum Gasteiger partial charge on any atom is -0.805 e. The Morgan fingerprint density at radius 3 is 2.61 bits per heavy atom. The lowest BCUT2D eigenvalue weighted by Crippen LogP contribution is -2.33. The first-order valence-corrected chi connectivity index (χ1v) is 7.18. The molecule has 1 amide bonds. The van der Waals surface area contributed by atoms with Crippen molar-refractivity contribution in [2.24, 2.45) is 0 Å². The van der Waals surface area contributed by atoms with Crippen LogP contribution in [0.15, 0.2) is 48.5 Å². The Balaban J connectivity index is 2.17. The predicted octanol–water partition coefficient (Wildman–Crippen LogP) is 3.12. The van der Waals surface area contributed by atoms with E-state index < -0.39 is 5.91 Å². The first-order chi connectivity index (χ1) is 11.0.